The van der Waals surface area contributed by atoms with Crippen LogP contribution in [0.25, 0.3) is 10.9 Å². The number of piperidine rings is 1. The van der Waals surface area contributed by atoms with Crippen molar-refractivity contribution in [3.8, 4) is 5.75 Å². The number of nitrogens with one attached hydrogen (secondary N) is 2. The monoisotopic (exact) mass is 469 g/mol. The Balaban J connectivity index is 1.34. The SMILES string of the molecule is O=S(=O)(c1ccc(Nc2ncc3cccc(OC4CCNCC4)c3n2)cc1)N1CCOCC1. The third-order valence-corrected chi connectivity index (χ3v) is 7.78. The summed E-state index contributed by atoms with van der Waals surface area (Å²) in [4.78, 5) is 9.34. The molecular weight excluding hydrogens is 442 g/mol. The number of anilines is 2. The van der Waals surface area contributed by atoms with Crippen molar-refractivity contribution in [2.75, 3.05) is 44.7 Å². The first-order valence-electron chi connectivity index (χ1n) is 11.2. The second kappa shape index (κ2) is 9.60. The number of hydrogen-bond donors (Lipinski definition) is 2. The van der Waals surface area contributed by atoms with Gasteiger partial charge in [0.25, 0.3) is 0 Å². The summed E-state index contributed by atoms with van der Waals surface area (Å²) in [5.41, 5.74) is 1.45. The van der Waals surface area contributed by atoms with E-state index >= 15 is 0 Å². The molecule has 2 fully saturated rings. The maximum atomic E-state index is 12.8. The molecule has 0 spiro atoms. The highest BCUT2D eigenvalue weighted by Crippen LogP contribution is 2.27. The average Bonchev–Trinajstić information content (AvgIpc) is 2.86. The maximum Gasteiger partial charge on any atom is 0.243 e. The Kier molecular flexibility index (Phi) is 6.41. The van der Waals surface area contributed by atoms with Crippen LogP contribution in [0.4, 0.5) is 11.6 Å². The molecule has 10 heteroatoms. The van der Waals surface area contributed by atoms with Gasteiger partial charge in [-0.05, 0) is 56.3 Å². The number of aromatic nitrogens is 2. The molecule has 0 amide bonds. The summed E-state index contributed by atoms with van der Waals surface area (Å²) in [6.45, 7) is 3.48. The Morgan fingerprint density at radius 2 is 1.82 bits per heavy atom. The molecule has 9 nitrogen and oxygen atoms in total. The van der Waals surface area contributed by atoms with E-state index < -0.39 is 10.0 Å². The molecule has 33 heavy (non-hydrogen) atoms. The van der Waals surface area contributed by atoms with Crippen molar-refractivity contribution >= 4 is 32.6 Å². The van der Waals surface area contributed by atoms with E-state index in [1.165, 1.54) is 4.31 Å². The molecule has 2 aromatic carbocycles. The molecule has 2 aliphatic heterocycles. The van der Waals surface area contributed by atoms with Gasteiger partial charge < -0.3 is 20.1 Å². The molecule has 0 unspecified atom stereocenters. The van der Waals surface area contributed by atoms with E-state index in [-0.39, 0.29) is 11.0 Å². The second-order valence-corrected chi connectivity index (χ2v) is 10.1. The number of fused-ring (bicyclic) bond motifs is 1. The van der Waals surface area contributed by atoms with Crippen molar-refractivity contribution in [2.24, 2.45) is 0 Å². The summed E-state index contributed by atoms with van der Waals surface area (Å²) in [5, 5.41) is 7.42. The highest BCUT2D eigenvalue weighted by atomic mass is 32.2. The fourth-order valence-corrected chi connectivity index (χ4v) is 5.46. The second-order valence-electron chi connectivity index (χ2n) is 8.12. The largest absolute Gasteiger partial charge is 0.488 e. The lowest BCUT2D eigenvalue weighted by atomic mass is 10.1. The van der Waals surface area contributed by atoms with E-state index in [9.17, 15) is 8.42 Å². The van der Waals surface area contributed by atoms with Crippen LogP contribution in [0.15, 0.2) is 53.6 Å². The smallest absolute Gasteiger partial charge is 0.243 e. The van der Waals surface area contributed by atoms with Crippen LogP contribution in [0.5, 0.6) is 5.75 Å². The van der Waals surface area contributed by atoms with Gasteiger partial charge in [0.1, 0.15) is 17.4 Å². The molecule has 3 aromatic rings. The van der Waals surface area contributed by atoms with Crippen LogP contribution in [0.3, 0.4) is 0 Å². The number of benzene rings is 2. The molecule has 2 N–H and O–H groups in total. The van der Waals surface area contributed by atoms with E-state index in [2.05, 4.69) is 20.6 Å². The molecule has 5 rings (SSSR count). The quantitative estimate of drug-likeness (QED) is 0.567. The molecule has 0 radical (unpaired) electrons. The Morgan fingerprint density at radius 1 is 1.06 bits per heavy atom. The fourth-order valence-electron chi connectivity index (χ4n) is 4.05. The average molecular weight is 470 g/mol. The first kappa shape index (κ1) is 22.0. The van der Waals surface area contributed by atoms with Crippen LogP contribution < -0.4 is 15.4 Å². The van der Waals surface area contributed by atoms with Crippen LogP contribution >= 0.6 is 0 Å². The van der Waals surface area contributed by atoms with Gasteiger partial charge in [-0.1, -0.05) is 12.1 Å². The van der Waals surface area contributed by atoms with Crippen molar-refractivity contribution in [3.05, 3.63) is 48.7 Å². The molecule has 1 aromatic heterocycles. The minimum absolute atomic E-state index is 0.171. The van der Waals surface area contributed by atoms with Crippen LogP contribution in [-0.4, -0.2) is 68.2 Å². The van der Waals surface area contributed by atoms with Crippen molar-refractivity contribution in [2.45, 2.75) is 23.8 Å². The summed E-state index contributed by atoms with van der Waals surface area (Å²) in [6, 6.07) is 12.5. The van der Waals surface area contributed by atoms with E-state index in [0.29, 0.717) is 37.9 Å². The van der Waals surface area contributed by atoms with Crippen molar-refractivity contribution < 1.29 is 17.9 Å². The van der Waals surface area contributed by atoms with Crippen molar-refractivity contribution in [1.82, 2.24) is 19.6 Å². The summed E-state index contributed by atoms with van der Waals surface area (Å²) in [7, 11) is -3.53. The number of morpholine rings is 1. The number of nitrogens with zero attached hydrogens (tertiary/aromatic N) is 3. The zero-order valence-corrected chi connectivity index (χ0v) is 19.1. The Hall–Kier alpha value is -2.79. The Labute approximate surface area is 193 Å². The lowest BCUT2D eigenvalue weighted by molar-refractivity contribution is 0.0730. The molecule has 0 aliphatic carbocycles. The van der Waals surface area contributed by atoms with E-state index in [4.69, 9.17) is 9.47 Å². The van der Waals surface area contributed by atoms with Crippen LogP contribution in [0, 0.1) is 0 Å². The zero-order chi connectivity index (χ0) is 22.7. The summed E-state index contributed by atoms with van der Waals surface area (Å²) in [6.07, 6.45) is 3.86. The van der Waals surface area contributed by atoms with Gasteiger partial charge in [0, 0.05) is 30.4 Å². The lowest BCUT2D eigenvalue weighted by Gasteiger charge is -2.26. The molecule has 0 bridgehead atoms. The first-order valence-corrected chi connectivity index (χ1v) is 12.6. The summed E-state index contributed by atoms with van der Waals surface area (Å²) < 4.78 is 38.6. The molecule has 3 heterocycles. The van der Waals surface area contributed by atoms with Gasteiger partial charge in [-0.2, -0.15) is 4.31 Å². The first-order chi connectivity index (χ1) is 16.1. The third kappa shape index (κ3) is 4.93. The fraction of sp³-hybridized carbons (Fsp3) is 0.391. The predicted molar refractivity (Wildman–Crippen MR) is 125 cm³/mol. The Bertz CT molecular complexity index is 1210. The van der Waals surface area contributed by atoms with E-state index in [1.54, 1.807) is 30.5 Å². The van der Waals surface area contributed by atoms with Gasteiger partial charge in [0.15, 0.2) is 0 Å². The minimum atomic E-state index is -3.53. The zero-order valence-electron chi connectivity index (χ0n) is 18.2. The summed E-state index contributed by atoms with van der Waals surface area (Å²) in [5.74, 6) is 1.17. The highest BCUT2D eigenvalue weighted by molar-refractivity contribution is 7.89. The van der Waals surface area contributed by atoms with Gasteiger partial charge in [-0.25, -0.2) is 18.4 Å². The van der Waals surface area contributed by atoms with Crippen molar-refractivity contribution in [1.29, 1.82) is 0 Å². The van der Waals surface area contributed by atoms with Crippen LogP contribution in [-0.2, 0) is 14.8 Å². The van der Waals surface area contributed by atoms with Gasteiger partial charge in [-0.15, -0.1) is 0 Å². The third-order valence-electron chi connectivity index (χ3n) is 5.87. The number of sulfonamides is 1. The number of para-hydroxylation sites is 1. The van der Waals surface area contributed by atoms with E-state index in [1.807, 2.05) is 18.2 Å². The number of rotatable bonds is 6. The normalized spacial score (nSPS) is 18.3. The number of ether oxygens (including phenoxy) is 2. The van der Waals surface area contributed by atoms with Gasteiger partial charge in [0.05, 0.1) is 18.1 Å². The maximum absolute atomic E-state index is 12.8. The van der Waals surface area contributed by atoms with Gasteiger partial charge in [-0.3, -0.25) is 0 Å². The molecule has 0 saturated carbocycles. The van der Waals surface area contributed by atoms with Gasteiger partial charge >= 0.3 is 0 Å². The standard InChI is InChI=1S/C23H27N5O4S/c29-33(30,28-12-14-31-15-13-28)20-6-4-18(5-7-20)26-23-25-16-17-2-1-3-21(22(17)27-23)32-19-8-10-24-11-9-19/h1-7,16,19,24H,8-15H2,(H,25,26,27). The van der Waals surface area contributed by atoms with E-state index in [0.717, 1.165) is 42.6 Å². The van der Waals surface area contributed by atoms with Crippen LogP contribution in [0.2, 0.25) is 0 Å². The molecule has 2 saturated heterocycles. The number of hydrogen-bond acceptors (Lipinski definition) is 8. The van der Waals surface area contributed by atoms with Crippen LogP contribution in [0.1, 0.15) is 12.8 Å². The highest BCUT2D eigenvalue weighted by Gasteiger charge is 2.26. The van der Waals surface area contributed by atoms with Gasteiger partial charge in [0.2, 0.25) is 16.0 Å². The molecule has 0 atom stereocenters. The minimum Gasteiger partial charge on any atom is -0.488 e. The lowest BCUT2D eigenvalue weighted by Crippen LogP contribution is -2.40. The molecule has 2 aliphatic rings. The summed E-state index contributed by atoms with van der Waals surface area (Å²) >= 11 is 0. The topological polar surface area (TPSA) is 106 Å². The van der Waals surface area contributed by atoms with Crippen molar-refractivity contribution in [3.63, 3.8) is 0 Å². The predicted octanol–water partition coefficient (Wildman–Crippen LogP) is 2.53. The Morgan fingerprint density at radius 3 is 2.58 bits per heavy atom. The molecule has 174 valence electrons. The molecular formula is C23H27N5O4S.